The molecular weight excluding hydrogens is 232 g/mol. The molecule has 0 aromatic heterocycles. The summed E-state index contributed by atoms with van der Waals surface area (Å²) < 4.78 is 10.6. The molecule has 0 bridgehead atoms. The summed E-state index contributed by atoms with van der Waals surface area (Å²) in [5, 5.41) is 9.25. The van der Waals surface area contributed by atoms with Gasteiger partial charge < -0.3 is 14.6 Å². The van der Waals surface area contributed by atoms with E-state index in [2.05, 4.69) is 0 Å². The maximum atomic E-state index is 10.8. The van der Waals surface area contributed by atoms with Crippen LogP contribution < -0.4 is 9.47 Å². The molecule has 0 atom stereocenters. The molecule has 1 aliphatic rings. The van der Waals surface area contributed by atoms with Crippen LogP contribution in [0.15, 0.2) is 6.07 Å². The lowest BCUT2D eigenvalue weighted by molar-refractivity contribution is -0.136. The van der Waals surface area contributed by atoms with E-state index in [9.17, 15) is 4.79 Å². The predicted octanol–water partition coefficient (Wildman–Crippen LogP) is 2.26. The summed E-state index contributed by atoms with van der Waals surface area (Å²) in [6.07, 6.45) is 0.563. The van der Waals surface area contributed by atoms with E-state index in [1.54, 1.807) is 6.07 Å². The van der Waals surface area contributed by atoms with Crippen molar-refractivity contribution in [2.45, 2.75) is 19.8 Å². The number of halogens is 1. The minimum atomic E-state index is -0.907. The quantitative estimate of drug-likeness (QED) is 0.883. The van der Waals surface area contributed by atoms with Gasteiger partial charge in [-0.25, -0.2) is 0 Å². The van der Waals surface area contributed by atoms with E-state index < -0.39 is 5.97 Å². The number of hydrogen-bond donors (Lipinski definition) is 1. The Bertz CT molecular complexity index is 442. The molecule has 0 saturated carbocycles. The minimum Gasteiger partial charge on any atom is -0.481 e. The molecule has 0 saturated heterocycles. The van der Waals surface area contributed by atoms with E-state index in [1.165, 1.54) is 0 Å². The van der Waals surface area contributed by atoms with E-state index in [0.29, 0.717) is 28.5 Å². The monoisotopic (exact) mass is 242 g/mol. The summed E-state index contributed by atoms with van der Waals surface area (Å²) in [6, 6.07) is 1.61. The number of benzene rings is 1. The van der Waals surface area contributed by atoms with Crippen molar-refractivity contribution in [3.63, 3.8) is 0 Å². The van der Waals surface area contributed by atoms with Gasteiger partial charge in [0.05, 0.1) is 6.42 Å². The number of ether oxygens (including phenoxy) is 2. The molecule has 2 rings (SSSR count). The molecule has 1 aromatic carbocycles. The molecule has 0 fully saturated rings. The van der Waals surface area contributed by atoms with Gasteiger partial charge in [0.1, 0.15) is 0 Å². The Morgan fingerprint density at radius 2 is 2.25 bits per heavy atom. The van der Waals surface area contributed by atoms with Gasteiger partial charge in [-0.05, 0) is 12.0 Å². The number of carboxylic acids is 1. The summed E-state index contributed by atoms with van der Waals surface area (Å²) in [7, 11) is 0. The van der Waals surface area contributed by atoms with Crippen LogP contribution in [0, 0.1) is 0 Å². The van der Waals surface area contributed by atoms with E-state index in [4.69, 9.17) is 26.2 Å². The molecule has 86 valence electrons. The lowest BCUT2D eigenvalue weighted by atomic mass is 10.0. The number of rotatable bonds is 3. The number of carboxylic acid groups (broad SMARTS) is 1. The highest BCUT2D eigenvalue weighted by Gasteiger charge is 2.23. The third-order valence-electron chi connectivity index (χ3n) is 2.51. The lowest BCUT2D eigenvalue weighted by Crippen LogP contribution is -2.05. The SMILES string of the molecule is CCc1c(CC(=O)O)c(Cl)cc2c1OCO2. The van der Waals surface area contributed by atoms with Gasteiger partial charge in [0, 0.05) is 16.7 Å². The largest absolute Gasteiger partial charge is 0.481 e. The zero-order chi connectivity index (χ0) is 11.7. The number of aliphatic carboxylic acids is 1. The number of fused-ring (bicyclic) bond motifs is 1. The van der Waals surface area contributed by atoms with Crippen LogP contribution in [0.5, 0.6) is 11.5 Å². The summed E-state index contributed by atoms with van der Waals surface area (Å²) >= 11 is 6.04. The Labute approximate surface area is 97.7 Å². The van der Waals surface area contributed by atoms with Gasteiger partial charge in [-0.3, -0.25) is 4.79 Å². The average molecular weight is 243 g/mol. The molecule has 0 unspecified atom stereocenters. The molecule has 1 aliphatic heterocycles. The van der Waals surface area contributed by atoms with Gasteiger partial charge >= 0.3 is 5.97 Å². The topological polar surface area (TPSA) is 55.8 Å². The standard InChI is InChI=1S/C11H11ClO4/c1-2-6-7(3-10(13)14)8(12)4-9-11(6)16-5-15-9/h4H,2-3,5H2,1H3,(H,13,14). The first-order valence-corrected chi connectivity index (χ1v) is 5.33. The van der Waals surface area contributed by atoms with Crippen LogP contribution in [0.3, 0.4) is 0 Å². The fraction of sp³-hybridized carbons (Fsp3) is 0.364. The minimum absolute atomic E-state index is 0.0986. The van der Waals surface area contributed by atoms with Gasteiger partial charge in [0.15, 0.2) is 11.5 Å². The fourth-order valence-electron chi connectivity index (χ4n) is 1.83. The molecule has 0 amide bonds. The van der Waals surface area contributed by atoms with Crippen molar-refractivity contribution in [1.29, 1.82) is 0 Å². The van der Waals surface area contributed by atoms with Crippen LogP contribution in [0.4, 0.5) is 0 Å². The Kier molecular flexibility index (Phi) is 2.92. The van der Waals surface area contributed by atoms with E-state index >= 15 is 0 Å². The average Bonchev–Trinajstić information content (AvgIpc) is 2.65. The molecule has 5 heteroatoms. The molecule has 0 aliphatic carbocycles. The Morgan fingerprint density at radius 3 is 2.88 bits per heavy atom. The first-order chi connectivity index (χ1) is 7.63. The Balaban J connectivity index is 2.54. The van der Waals surface area contributed by atoms with Crippen LogP contribution in [-0.4, -0.2) is 17.9 Å². The molecule has 16 heavy (non-hydrogen) atoms. The third-order valence-corrected chi connectivity index (χ3v) is 2.84. The second-order valence-electron chi connectivity index (χ2n) is 3.47. The molecule has 4 nitrogen and oxygen atoms in total. The van der Waals surface area contributed by atoms with Crippen molar-refractivity contribution in [2.24, 2.45) is 0 Å². The van der Waals surface area contributed by atoms with Gasteiger partial charge in [0.2, 0.25) is 6.79 Å². The van der Waals surface area contributed by atoms with Crippen LogP contribution in [0.1, 0.15) is 18.1 Å². The molecular formula is C11H11ClO4. The number of carbonyl (C=O) groups is 1. The van der Waals surface area contributed by atoms with Crippen LogP contribution >= 0.6 is 11.6 Å². The van der Waals surface area contributed by atoms with E-state index in [0.717, 1.165) is 5.56 Å². The number of hydrogen-bond acceptors (Lipinski definition) is 3. The first kappa shape index (κ1) is 11.1. The highest BCUT2D eigenvalue weighted by Crippen LogP contribution is 2.41. The maximum Gasteiger partial charge on any atom is 0.307 e. The molecule has 1 aromatic rings. The summed E-state index contributed by atoms with van der Waals surface area (Å²) in [5.41, 5.74) is 1.43. The summed E-state index contributed by atoms with van der Waals surface area (Å²) in [4.78, 5) is 10.8. The Morgan fingerprint density at radius 1 is 1.50 bits per heavy atom. The van der Waals surface area contributed by atoms with Gasteiger partial charge in [-0.15, -0.1) is 0 Å². The fourth-order valence-corrected chi connectivity index (χ4v) is 2.11. The molecule has 1 heterocycles. The molecule has 0 spiro atoms. The van der Waals surface area contributed by atoms with Crippen molar-refractivity contribution in [3.8, 4) is 11.5 Å². The van der Waals surface area contributed by atoms with Crippen molar-refractivity contribution >= 4 is 17.6 Å². The third kappa shape index (κ3) is 1.80. The maximum absolute atomic E-state index is 10.8. The van der Waals surface area contributed by atoms with Gasteiger partial charge in [-0.1, -0.05) is 18.5 Å². The molecule has 0 radical (unpaired) electrons. The van der Waals surface area contributed by atoms with Crippen LogP contribution in [0.2, 0.25) is 5.02 Å². The van der Waals surface area contributed by atoms with Crippen LogP contribution in [0.25, 0.3) is 0 Å². The molecule has 1 N–H and O–H groups in total. The van der Waals surface area contributed by atoms with Crippen molar-refractivity contribution in [3.05, 3.63) is 22.2 Å². The van der Waals surface area contributed by atoms with Crippen molar-refractivity contribution in [1.82, 2.24) is 0 Å². The smallest absolute Gasteiger partial charge is 0.307 e. The second-order valence-corrected chi connectivity index (χ2v) is 3.88. The van der Waals surface area contributed by atoms with E-state index in [-0.39, 0.29) is 13.2 Å². The van der Waals surface area contributed by atoms with E-state index in [1.807, 2.05) is 6.92 Å². The zero-order valence-electron chi connectivity index (χ0n) is 8.75. The zero-order valence-corrected chi connectivity index (χ0v) is 9.50. The predicted molar refractivity (Wildman–Crippen MR) is 58.3 cm³/mol. The second kappa shape index (κ2) is 4.22. The van der Waals surface area contributed by atoms with Gasteiger partial charge in [-0.2, -0.15) is 0 Å². The van der Waals surface area contributed by atoms with Crippen LogP contribution in [-0.2, 0) is 17.6 Å². The summed E-state index contributed by atoms with van der Waals surface area (Å²) in [5.74, 6) is 0.314. The van der Waals surface area contributed by atoms with Crippen molar-refractivity contribution in [2.75, 3.05) is 6.79 Å². The summed E-state index contributed by atoms with van der Waals surface area (Å²) in [6.45, 7) is 2.09. The first-order valence-electron chi connectivity index (χ1n) is 4.95. The normalized spacial score (nSPS) is 12.9. The Hall–Kier alpha value is -1.42. The van der Waals surface area contributed by atoms with Crippen molar-refractivity contribution < 1.29 is 19.4 Å². The van der Waals surface area contributed by atoms with Gasteiger partial charge in [0.25, 0.3) is 0 Å². The highest BCUT2D eigenvalue weighted by molar-refractivity contribution is 6.31. The lowest BCUT2D eigenvalue weighted by Gasteiger charge is -2.11. The highest BCUT2D eigenvalue weighted by atomic mass is 35.5.